The first kappa shape index (κ1) is 14.3. The van der Waals surface area contributed by atoms with Crippen LogP contribution in [0.5, 0.6) is 0 Å². The Bertz CT molecular complexity index is 459. The summed E-state index contributed by atoms with van der Waals surface area (Å²) >= 11 is 5.91. The van der Waals surface area contributed by atoms with Gasteiger partial charge in [0.05, 0.1) is 16.3 Å². The van der Waals surface area contributed by atoms with Gasteiger partial charge in [-0.15, -0.1) is 0 Å². The number of anilines is 1. The third-order valence-corrected chi connectivity index (χ3v) is 2.84. The van der Waals surface area contributed by atoms with Gasteiger partial charge < -0.3 is 15.3 Å². The summed E-state index contributed by atoms with van der Waals surface area (Å²) in [5, 5.41) is 11.8. The molecule has 0 aliphatic heterocycles. The topological polar surface area (TPSA) is 69.6 Å². The Kier molecular flexibility index (Phi) is 4.97. The summed E-state index contributed by atoms with van der Waals surface area (Å²) in [5.74, 6) is -1.13. The first-order chi connectivity index (χ1) is 8.51. The summed E-state index contributed by atoms with van der Waals surface area (Å²) < 4.78 is 0. The molecule has 98 valence electrons. The van der Waals surface area contributed by atoms with Crippen LogP contribution in [0.2, 0.25) is 5.02 Å². The van der Waals surface area contributed by atoms with Gasteiger partial charge in [-0.2, -0.15) is 0 Å². The summed E-state index contributed by atoms with van der Waals surface area (Å²) in [5.41, 5.74) is 0.103. The molecule has 0 saturated heterocycles. The van der Waals surface area contributed by atoms with E-state index in [0.29, 0.717) is 13.1 Å². The molecule has 2 N–H and O–H groups in total. The predicted octanol–water partition coefficient (Wildman–Crippen LogP) is 2.91. The van der Waals surface area contributed by atoms with E-state index in [4.69, 9.17) is 16.7 Å². The summed E-state index contributed by atoms with van der Waals surface area (Å²) in [6.45, 7) is 4.76. The Morgan fingerprint density at radius 1 is 1.33 bits per heavy atom. The van der Waals surface area contributed by atoms with E-state index in [1.54, 1.807) is 0 Å². The van der Waals surface area contributed by atoms with Crippen molar-refractivity contribution >= 4 is 29.3 Å². The summed E-state index contributed by atoms with van der Waals surface area (Å²) in [6, 6.07) is 4.09. The van der Waals surface area contributed by atoms with Crippen LogP contribution in [0.1, 0.15) is 24.2 Å². The third kappa shape index (κ3) is 3.13. The summed E-state index contributed by atoms with van der Waals surface area (Å²) in [6.07, 6.45) is 0. The number of para-hydroxylation sites is 1. The lowest BCUT2D eigenvalue weighted by Crippen LogP contribution is -2.35. The highest BCUT2D eigenvalue weighted by Crippen LogP contribution is 2.26. The predicted molar refractivity (Wildman–Crippen MR) is 70.4 cm³/mol. The summed E-state index contributed by atoms with van der Waals surface area (Å²) in [7, 11) is 0. The molecule has 0 unspecified atom stereocenters. The second kappa shape index (κ2) is 6.26. The number of hydrogen-bond acceptors (Lipinski definition) is 2. The Hall–Kier alpha value is -1.75. The summed E-state index contributed by atoms with van der Waals surface area (Å²) in [4.78, 5) is 24.4. The molecule has 1 aromatic carbocycles. The van der Waals surface area contributed by atoms with Crippen molar-refractivity contribution < 1.29 is 14.7 Å². The Labute approximate surface area is 110 Å². The zero-order valence-electron chi connectivity index (χ0n) is 10.2. The van der Waals surface area contributed by atoms with Gasteiger partial charge in [-0.3, -0.25) is 0 Å². The number of nitrogens with zero attached hydrogens (tertiary/aromatic N) is 1. The number of carbonyl (C=O) groups is 2. The number of aromatic carboxylic acids is 1. The van der Waals surface area contributed by atoms with Crippen LogP contribution in [0.25, 0.3) is 0 Å². The molecule has 0 aliphatic carbocycles. The second-order valence-electron chi connectivity index (χ2n) is 3.57. The normalized spacial score (nSPS) is 9.94. The molecule has 0 heterocycles. The maximum atomic E-state index is 11.9. The van der Waals surface area contributed by atoms with Crippen LogP contribution in [-0.2, 0) is 0 Å². The van der Waals surface area contributed by atoms with E-state index in [0.717, 1.165) is 0 Å². The molecule has 0 aliphatic rings. The van der Waals surface area contributed by atoms with E-state index < -0.39 is 5.97 Å². The van der Waals surface area contributed by atoms with E-state index >= 15 is 0 Å². The quantitative estimate of drug-likeness (QED) is 0.884. The third-order valence-electron chi connectivity index (χ3n) is 2.53. The number of hydrogen-bond donors (Lipinski definition) is 2. The number of nitrogens with one attached hydrogen (secondary N) is 1. The zero-order chi connectivity index (χ0) is 13.7. The van der Waals surface area contributed by atoms with Gasteiger partial charge in [0.25, 0.3) is 0 Å². The standard InChI is InChI=1S/C12H15ClN2O3/c1-3-15(4-2)12(18)14-10-8(11(16)17)6-5-7-9(10)13/h5-7H,3-4H2,1-2H3,(H,14,18)(H,16,17). The number of carbonyl (C=O) groups excluding carboxylic acids is 1. The average Bonchev–Trinajstić information content (AvgIpc) is 2.33. The maximum absolute atomic E-state index is 11.9. The first-order valence-corrected chi connectivity index (χ1v) is 5.96. The molecule has 0 fully saturated rings. The van der Waals surface area contributed by atoms with Crippen LogP contribution < -0.4 is 5.32 Å². The Balaban J connectivity index is 3.03. The van der Waals surface area contributed by atoms with E-state index in [1.807, 2.05) is 13.8 Å². The van der Waals surface area contributed by atoms with Crippen LogP contribution in [-0.4, -0.2) is 35.1 Å². The highest BCUT2D eigenvalue weighted by molar-refractivity contribution is 6.34. The molecule has 1 aromatic rings. The first-order valence-electron chi connectivity index (χ1n) is 5.59. The largest absolute Gasteiger partial charge is 0.478 e. The van der Waals surface area contributed by atoms with Gasteiger partial charge in [-0.1, -0.05) is 17.7 Å². The van der Waals surface area contributed by atoms with Gasteiger partial charge >= 0.3 is 12.0 Å². The molecule has 0 spiro atoms. The highest BCUT2D eigenvalue weighted by atomic mass is 35.5. The van der Waals surface area contributed by atoms with Crippen LogP contribution in [0, 0.1) is 0 Å². The zero-order valence-corrected chi connectivity index (χ0v) is 11.0. The molecule has 5 nitrogen and oxygen atoms in total. The smallest absolute Gasteiger partial charge is 0.337 e. The molecule has 6 heteroatoms. The molecule has 0 aromatic heterocycles. The van der Waals surface area contributed by atoms with E-state index in [1.165, 1.54) is 23.1 Å². The molecule has 0 bridgehead atoms. The van der Waals surface area contributed by atoms with Gasteiger partial charge in [0.2, 0.25) is 0 Å². The van der Waals surface area contributed by atoms with Crippen molar-refractivity contribution in [2.75, 3.05) is 18.4 Å². The van der Waals surface area contributed by atoms with Crippen LogP contribution in [0.4, 0.5) is 10.5 Å². The van der Waals surface area contributed by atoms with E-state index in [-0.39, 0.29) is 22.3 Å². The number of urea groups is 1. The Morgan fingerprint density at radius 3 is 2.44 bits per heavy atom. The van der Waals surface area contributed by atoms with Gasteiger partial charge in [-0.25, -0.2) is 9.59 Å². The fourth-order valence-corrected chi connectivity index (χ4v) is 1.75. The van der Waals surface area contributed by atoms with Crippen LogP contribution >= 0.6 is 11.6 Å². The molecular formula is C12H15ClN2O3. The number of rotatable bonds is 4. The average molecular weight is 271 g/mol. The van der Waals surface area contributed by atoms with Crippen molar-refractivity contribution in [2.45, 2.75) is 13.8 Å². The van der Waals surface area contributed by atoms with Gasteiger partial charge in [0, 0.05) is 13.1 Å². The molecule has 0 saturated carbocycles. The molecule has 0 atom stereocenters. The number of carboxylic acid groups (broad SMARTS) is 1. The number of carboxylic acids is 1. The molecule has 18 heavy (non-hydrogen) atoms. The van der Waals surface area contributed by atoms with Crippen molar-refractivity contribution in [2.24, 2.45) is 0 Å². The minimum Gasteiger partial charge on any atom is -0.478 e. The van der Waals surface area contributed by atoms with Crippen molar-refractivity contribution in [1.82, 2.24) is 4.90 Å². The second-order valence-corrected chi connectivity index (χ2v) is 3.98. The minimum atomic E-state index is -1.13. The molecule has 2 amide bonds. The minimum absolute atomic E-state index is 0.0250. The lowest BCUT2D eigenvalue weighted by atomic mass is 10.2. The number of amides is 2. The van der Waals surface area contributed by atoms with Gasteiger partial charge in [0.1, 0.15) is 0 Å². The lowest BCUT2D eigenvalue weighted by Gasteiger charge is -2.20. The SMILES string of the molecule is CCN(CC)C(=O)Nc1c(Cl)cccc1C(=O)O. The number of halogens is 1. The van der Waals surface area contributed by atoms with Crippen LogP contribution in [0.3, 0.4) is 0 Å². The van der Waals surface area contributed by atoms with Crippen molar-refractivity contribution in [3.63, 3.8) is 0 Å². The van der Waals surface area contributed by atoms with E-state index in [2.05, 4.69) is 5.32 Å². The molecule has 1 rings (SSSR count). The fraction of sp³-hybridized carbons (Fsp3) is 0.333. The van der Waals surface area contributed by atoms with E-state index in [9.17, 15) is 9.59 Å². The number of benzene rings is 1. The van der Waals surface area contributed by atoms with Crippen molar-refractivity contribution in [3.05, 3.63) is 28.8 Å². The van der Waals surface area contributed by atoms with Gasteiger partial charge in [0.15, 0.2) is 0 Å². The van der Waals surface area contributed by atoms with Crippen LogP contribution in [0.15, 0.2) is 18.2 Å². The molecule has 0 radical (unpaired) electrons. The lowest BCUT2D eigenvalue weighted by molar-refractivity contribution is 0.0698. The van der Waals surface area contributed by atoms with Crippen molar-refractivity contribution in [1.29, 1.82) is 0 Å². The van der Waals surface area contributed by atoms with Crippen molar-refractivity contribution in [3.8, 4) is 0 Å². The maximum Gasteiger partial charge on any atom is 0.337 e. The molecular weight excluding hydrogens is 256 g/mol. The fourth-order valence-electron chi connectivity index (χ4n) is 1.53. The highest BCUT2D eigenvalue weighted by Gasteiger charge is 2.17. The monoisotopic (exact) mass is 270 g/mol. The Morgan fingerprint density at radius 2 is 1.94 bits per heavy atom. The van der Waals surface area contributed by atoms with Gasteiger partial charge in [-0.05, 0) is 26.0 Å².